The van der Waals surface area contributed by atoms with Gasteiger partial charge in [0.05, 0.1) is 0 Å². The summed E-state index contributed by atoms with van der Waals surface area (Å²) in [4.78, 5) is 0. The van der Waals surface area contributed by atoms with Gasteiger partial charge in [-0.3, -0.25) is 0 Å². The SMILES string of the molecule is Cc1c(Cl)cccc1C(=S)Cl. The van der Waals surface area contributed by atoms with Crippen LogP contribution >= 0.6 is 35.4 Å². The van der Waals surface area contributed by atoms with Gasteiger partial charge in [0.1, 0.15) is 4.32 Å². The summed E-state index contributed by atoms with van der Waals surface area (Å²) in [6.45, 7) is 1.90. The molecule has 0 aliphatic carbocycles. The Kier molecular flexibility index (Phi) is 2.88. The van der Waals surface area contributed by atoms with Crippen LogP contribution < -0.4 is 0 Å². The fourth-order valence-corrected chi connectivity index (χ4v) is 1.42. The monoisotopic (exact) mass is 204 g/mol. The van der Waals surface area contributed by atoms with Crippen LogP contribution in [-0.2, 0) is 0 Å². The van der Waals surface area contributed by atoms with Crippen LogP contribution in [0.5, 0.6) is 0 Å². The van der Waals surface area contributed by atoms with Crippen LogP contribution in [0.4, 0.5) is 0 Å². The Morgan fingerprint density at radius 3 is 2.55 bits per heavy atom. The van der Waals surface area contributed by atoms with E-state index in [0.29, 0.717) is 9.35 Å². The molecule has 0 fully saturated rings. The van der Waals surface area contributed by atoms with E-state index in [1.54, 1.807) is 0 Å². The molecule has 0 saturated heterocycles. The molecule has 3 heteroatoms. The van der Waals surface area contributed by atoms with E-state index in [2.05, 4.69) is 0 Å². The smallest absolute Gasteiger partial charge is 0.0840 e. The second-order valence-corrected chi connectivity index (χ2v) is 3.60. The topological polar surface area (TPSA) is 0 Å². The van der Waals surface area contributed by atoms with Gasteiger partial charge < -0.3 is 0 Å². The summed E-state index contributed by atoms with van der Waals surface area (Å²) in [5.74, 6) is 0. The summed E-state index contributed by atoms with van der Waals surface area (Å²) in [7, 11) is 0. The van der Waals surface area contributed by atoms with Crippen LogP contribution in [0.15, 0.2) is 18.2 Å². The average Bonchev–Trinajstić information content (AvgIpc) is 1.94. The second-order valence-electron chi connectivity index (χ2n) is 2.19. The lowest BCUT2D eigenvalue weighted by Crippen LogP contribution is -1.91. The minimum absolute atomic E-state index is 0.366. The Morgan fingerprint density at radius 2 is 2.09 bits per heavy atom. The molecule has 0 atom stereocenters. The maximum Gasteiger partial charge on any atom is 0.111 e. The van der Waals surface area contributed by atoms with Crippen LogP contribution in [0, 0.1) is 6.92 Å². The van der Waals surface area contributed by atoms with E-state index in [4.69, 9.17) is 35.4 Å². The zero-order chi connectivity index (χ0) is 8.43. The van der Waals surface area contributed by atoms with Crippen molar-refractivity contribution < 1.29 is 0 Å². The van der Waals surface area contributed by atoms with Gasteiger partial charge in [-0.1, -0.05) is 47.6 Å². The zero-order valence-corrected chi connectivity index (χ0v) is 8.22. The van der Waals surface area contributed by atoms with Crippen molar-refractivity contribution in [3.8, 4) is 0 Å². The highest BCUT2D eigenvalue weighted by atomic mass is 35.5. The molecule has 0 unspecified atom stereocenters. The van der Waals surface area contributed by atoms with Gasteiger partial charge >= 0.3 is 0 Å². The standard InChI is InChI=1S/C8H6Cl2S/c1-5-6(8(10)11)3-2-4-7(5)9/h2-4H,1H3. The van der Waals surface area contributed by atoms with E-state index in [1.807, 2.05) is 25.1 Å². The van der Waals surface area contributed by atoms with E-state index in [1.165, 1.54) is 0 Å². The molecular formula is C8H6Cl2S. The molecule has 0 spiro atoms. The summed E-state index contributed by atoms with van der Waals surface area (Å²) in [5, 5.41) is 0.700. The maximum absolute atomic E-state index is 5.84. The highest BCUT2D eigenvalue weighted by molar-refractivity contribution is 7.83. The third kappa shape index (κ3) is 1.92. The molecule has 0 nitrogen and oxygen atoms in total. The summed E-state index contributed by atoms with van der Waals surface area (Å²) in [5.41, 5.74) is 1.78. The maximum atomic E-state index is 5.84. The lowest BCUT2D eigenvalue weighted by Gasteiger charge is -2.02. The van der Waals surface area contributed by atoms with Crippen LogP contribution in [0.3, 0.4) is 0 Å². The first-order chi connectivity index (χ1) is 5.13. The number of hydrogen-bond donors (Lipinski definition) is 0. The number of thiocarbonyl (C=S) groups is 1. The van der Waals surface area contributed by atoms with Crippen LogP contribution in [0.25, 0.3) is 0 Å². The molecule has 1 aromatic rings. The van der Waals surface area contributed by atoms with Crippen molar-refractivity contribution in [2.45, 2.75) is 6.92 Å². The Labute approximate surface area is 81.1 Å². The predicted octanol–water partition coefficient (Wildman–Crippen LogP) is 3.56. The lowest BCUT2D eigenvalue weighted by molar-refractivity contribution is 1.46. The Hall–Kier alpha value is -0.110. The van der Waals surface area contributed by atoms with Crippen molar-refractivity contribution >= 4 is 39.7 Å². The zero-order valence-electron chi connectivity index (χ0n) is 5.90. The first-order valence-electron chi connectivity index (χ1n) is 3.08. The first kappa shape index (κ1) is 8.98. The Balaban J connectivity index is 3.27. The van der Waals surface area contributed by atoms with Gasteiger partial charge in [-0.25, -0.2) is 0 Å². The van der Waals surface area contributed by atoms with Gasteiger partial charge in [-0.2, -0.15) is 0 Å². The van der Waals surface area contributed by atoms with E-state index in [-0.39, 0.29) is 0 Å². The van der Waals surface area contributed by atoms with Crippen molar-refractivity contribution in [2.24, 2.45) is 0 Å². The van der Waals surface area contributed by atoms with Gasteiger partial charge in [-0.05, 0) is 18.6 Å². The van der Waals surface area contributed by atoms with Gasteiger partial charge in [0.2, 0.25) is 0 Å². The minimum atomic E-state index is 0.366. The highest BCUT2D eigenvalue weighted by Gasteiger charge is 2.03. The van der Waals surface area contributed by atoms with Crippen LogP contribution in [-0.4, -0.2) is 4.32 Å². The van der Waals surface area contributed by atoms with Gasteiger partial charge in [-0.15, -0.1) is 0 Å². The van der Waals surface area contributed by atoms with Crippen molar-refractivity contribution in [3.05, 3.63) is 34.3 Å². The van der Waals surface area contributed by atoms with Crippen LogP contribution in [0.2, 0.25) is 5.02 Å². The number of hydrogen-bond acceptors (Lipinski definition) is 1. The van der Waals surface area contributed by atoms with Crippen molar-refractivity contribution in [2.75, 3.05) is 0 Å². The first-order valence-corrected chi connectivity index (χ1v) is 4.24. The van der Waals surface area contributed by atoms with E-state index < -0.39 is 0 Å². The van der Waals surface area contributed by atoms with E-state index in [9.17, 15) is 0 Å². The summed E-state index contributed by atoms with van der Waals surface area (Å²) in [6.07, 6.45) is 0. The number of rotatable bonds is 1. The van der Waals surface area contributed by atoms with Gasteiger partial charge in [0.25, 0.3) is 0 Å². The molecular weight excluding hydrogens is 199 g/mol. The minimum Gasteiger partial charge on any atom is -0.0840 e. The largest absolute Gasteiger partial charge is 0.111 e. The van der Waals surface area contributed by atoms with Crippen molar-refractivity contribution in [1.29, 1.82) is 0 Å². The van der Waals surface area contributed by atoms with Crippen LogP contribution in [0.1, 0.15) is 11.1 Å². The predicted molar refractivity (Wildman–Crippen MR) is 53.7 cm³/mol. The van der Waals surface area contributed by atoms with Gasteiger partial charge in [0.15, 0.2) is 0 Å². The lowest BCUT2D eigenvalue weighted by atomic mass is 10.1. The molecule has 0 saturated carbocycles. The van der Waals surface area contributed by atoms with E-state index >= 15 is 0 Å². The molecule has 11 heavy (non-hydrogen) atoms. The molecule has 0 aliphatic heterocycles. The molecule has 0 N–H and O–H groups in total. The third-order valence-electron chi connectivity index (χ3n) is 1.48. The van der Waals surface area contributed by atoms with Crippen molar-refractivity contribution in [3.63, 3.8) is 0 Å². The molecule has 0 heterocycles. The fourth-order valence-electron chi connectivity index (χ4n) is 0.820. The second kappa shape index (κ2) is 3.53. The molecule has 0 radical (unpaired) electrons. The number of halogens is 2. The molecule has 1 rings (SSSR count). The molecule has 0 aliphatic rings. The average molecular weight is 205 g/mol. The molecule has 58 valence electrons. The van der Waals surface area contributed by atoms with Crippen molar-refractivity contribution in [1.82, 2.24) is 0 Å². The number of benzene rings is 1. The third-order valence-corrected chi connectivity index (χ3v) is 2.31. The molecule has 0 bridgehead atoms. The fraction of sp³-hybridized carbons (Fsp3) is 0.125. The highest BCUT2D eigenvalue weighted by Crippen LogP contribution is 2.20. The summed E-state index contributed by atoms with van der Waals surface area (Å²) < 4.78 is 0.366. The Morgan fingerprint density at radius 1 is 1.45 bits per heavy atom. The molecule has 0 amide bonds. The Bertz CT molecular complexity index is 294. The summed E-state index contributed by atoms with van der Waals surface area (Å²) >= 11 is 16.3. The molecule has 0 aromatic heterocycles. The molecule has 1 aromatic carbocycles. The van der Waals surface area contributed by atoms with E-state index in [0.717, 1.165) is 11.1 Å². The van der Waals surface area contributed by atoms with Gasteiger partial charge in [0, 0.05) is 10.6 Å². The summed E-state index contributed by atoms with van der Waals surface area (Å²) in [6, 6.07) is 5.51. The quantitative estimate of drug-likeness (QED) is 0.499. The normalized spacial score (nSPS) is 9.73.